The van der Waals surface area contributed by atoms with E-state index in [0.29, 0.717) is 24.9 Å². The van der Waals surface area contributed by atoms with Crippen LogP contribution in [0.5, 0.6) is 0 Å². The molecule has 0 radical (unpaired) electrons. The number of fused-ring (bicyclic) bond motifs is 3. The second kappa shape index (κ2) is 14.7. The molecule has 6 amide bonds. The lowest BCUT2D eigenvalue weighted by Crippen LogP contribution is -2.57. The van der Waals surface area contributed by atoms with Crippen molar-refractivity contribution in [3.8, 4) is 0 Å². The molecule has 2 aliphatic heterocycles. The van der Waals surface area contributed by atoms with Gasteiger partial charge in [0.1, 0.15) is 18.1 Å². The highest BCUT2D eigenvalue weighted by Gasteiger charge is 2.52. The van der Waals surface area contributed by atoms with Gasteiger partial charge >= 0.3 is 0 Å². The summed E-state index contributed by atoms with van der Waals surface area (Å²) in [4.78, 5) is 82.3. The van der Waals surface area contributed by atoms with E-state index in [0.717, 1.165) is 11.1 Å². The van der Waals surface area contributed by atoms with Gasteiger partial charge in [0.2, 0.25) is 35.4 Å². The molecule has 0 saturated carbocycles. The SMILES string of the molecule is CC(C)C[C@@H]1NC(=O)[C@H](Cc2ccccc2)NC(=O)CCC2=CC(CNC(=O)[C@H](C)NC1=O)C1C(=O)N(c3ccccc3)C(=O)C1C2. The number of nitrogens with zero attached hydrogens (tertiary/aromatic N) is 1. The number of allylic oxidation sites excluding steroid dienone is 1. The second-order valence-electron chi connectivity index (χ2n) is 13.1. The smallest absolute Gasteiger partial charge is 0.243 e. The maximum absolute atomic E-state index is 13.7. The number of carbonyl (C=O) groups is 6. The van der Waals surface area contributed by atoms with Gasteiger partial charge in [-0.3, -0.25) is 33.7 Å². The minimum Gasteiger partial charge on any atom is -0.354 e. The van der Waals surface area contributed by atoms with Gasteiger partial charge in [-0.15, -0.1) is 0 Å². The molecule has 1 aliphatic carbocycles. The molecule has 11 heteroatoms. The summed E-state index contributed by atoms with van der Waals surface area (Å²) >= 11 is 0. The Morgan fingerprint density at radius 3 is 2.11 bits per heavy atom. The first kappa shape index (κ1) is 33.6. The Morgan fingerprint density at radius 2 is 1.43 bits per heavy atom. The van der Waals surface area contributed by atoms with Crippen LogP contribution in [0.1, 0.15) is 52.0 Å². The first-order valence-electron chi connectivity index (χ1n) is 16.4. The van der Waals surface area contributed by atoms with Crippen LogP contribution in [0.3, 0.4) is 0 Å². The van der Waals surface area contributed by atoms with Crippen LogP contribution in [0.2, 0.25) is 0 Å². The normalized spacial score (nSPS) is 27.7. The molecule has 3 unspecified atom stereocenters. The third-order valence-corrected chi connectivity index (χ3v) is 9.10. The molecule has 5 rings (SSSR count). The molecule has 4 N–H and O–H groups in total. The fourth-order valence-corrected chi connectivity index (χ4v) is 6.73. The molecule has 248 valence electrons. The summed E-state index contributed by atoms with van der Waals surface area (Å²) in [5.74, 6) is -4.22. The Balaban J connectivity index is 1.44. The summed E-state index contributed by atoms with van der Waals surface area (Å²) in [5, 5.41) is 11.3. The maximum atomic E-state index is 13.7. The predicted molar refractivity (Wildman–Crippen MR) is 175 cm³/mol. The Bertz CT molecular complexity index is 1540. The quantitative estimate of drug-likeness (QED) is 0.291. The minimum absolute atomic E-state index is 0.0494. The molecule has 1 saturated heterocycles. The fourth-order valence-electron chi connectivity index (χ4n) is 6.73. The minimum atomic E-state index is -0.949. The Kier molecular flexibility index (Phi) is 10.5. The number of benzene rings is 2. The molecule has 2 heterocycles. The summed E-state index contributed by atoms with van der Waals surface area (Å²) in [6.45, 7) is 5.48. The van der Waals surface area contributed by atoms with Gasteiger partial charge in [-0.05, 0) is 49.8 Å². The van der Waals surface area contributed by atoms with Crippen LogP contribution in [0.4, 0.5) is 5.69 Å². The number of carbonyl (C=O) groups excluding carboxylic acids is 6. The lowest BCUT2D eigenvalue weighted by molar-refractivity contribution is -0.133. The standard InChI is InChI=1S/C36H43N5O6/c1-21(2)16-28-33(44)38-22(3)32(43)37-20-25-17-24(18-27-31(25)36(47)41(35(27)46)26-12-8-5-9-13-26)14-15-30(42)39-29(34(45)40-28)19-23-10-6-4-7-11-23/h4-13,17,21-22,25,27-29,31H,14-16,18-20H2,1-3H3,(H,37,43)(H,38,44)(H,39,42)(H,40,45)/t22-,25?,27?,28-,29-,31?/m0/s1. The molecule has 6 atom stereocenters. The largest absolute Gasteiger partial charge is 0.354 e. The van der Waals surface area contributed by atoms with E-state index in [1.54, 1.807) is 31.2 Å². The summed E-state index contributed by atoms with van der Waals surface area (Å²) in [7, 11) is 0. The number of nitrogens with one attached hydrogen (secondary N) is 4. The molecular formula is C36H43N5O6. The van der Waals surface area contributed by atoms with Crippen molar-refractivity contribution in [3.63, 3.8) is 0 Å². The molecule has 47 heavy (non-hydrogen) atoms. The van der Waals surface area contributed by atoms with Gasteiger partial charge in [-0.1, -0.05) is 74.0 Å². The zero-order valence-electron chi connectivity index (χ0n) is 27.0. The Hall–Kier alpha value is -4.80. The number of hydrogen-bond acceptors (Lipinski definition) is 6. The van der Waals surface area contributed by atoms with Crippen molar-refractivity contribution >= 4 is 41.1 Å². The Morgan fingerprint density at radius 1 is 0.766 bits per heavy atom. The van der Waals surface area contributed by atoms with Crippen molar-refractivity contribution in [2.24, 2.45) is 23.7 Å². The molecule has 3 aliphatic rings. The van der Waals surface area contributed by atoms with Crippen LogP contribution in [-0.2, 0) is 35.2 Å². The van der Waals surface area contributed by atoms with Crippen LogP contribution >= 0.6 is 0 Å². The van der Waals surface area contributed by atoms with E-state index in [1.165, 1.54) is 4.90 Å². The van der Waals surface area contributed by atoms with Gasteiger partial charge in [0, 0.05) is 25.3 Å². The van der Waals surface area contributed by atoms with Gasteiger partial charge in [0.15, 0.2) is 0 Å². The average Bonchev–Trinajstić information content (AvgIpc) is 3.30. The Labute approximate surface area is 274 Å². The van der Waals surface area contributed by atoms with Crippen molar-refractivity contribution in [2.75, 3.05) is 11.4 Å². The molecule has 0 spiro atoms. The number of rotatable bonds is 5. The number of imide groups is 1. The summed E-state index contributed by atoms with van der Waals surface area (Å²) in [6, 6.07) is 15.2. The number of hydrogen-bond donors (Lipinski definition) is 4. The topological polar surface area (TPSA) is 154 Å². The van der Waals surface area contributed by atoms with Crippen LogP contribution in [0.25, 0.3) is 0 Å². The van der Waals surface area contributed by atoms with Crippen molar-refractivity contribution in [1.82, 2.24) is 21.3 Å². The maximum Gasteiger partial charge on any atom is 0.243 e. The zero-order chi connectivity index (χ0) is 33.7. The molecule has 2 aromatic carbocycles. The summed E-state index contributed by atoms with van der Waals surface area (Å²) in [5.41, 5.74) is 2.17. The van der Waals surface area contributed by atoms with Gasteiger partial charge in [-0.2, -0.15) is 0 Å². The molecule has 2 aromatic rings. The number of amides is 6. The van der Waals surface area contributed by atoms with Crippen molar-refractivity contribution in [3.05, 3.63) is 77.9 Å². The fraction of sp³-hybridized carbons (Fsp3) is 0.444. The van der Waals surface area contributed by atoms with Crippen molar-refractivity contribution in [2.45, 2.75) is 71.0 Å². The van der Waals surface area contributed by atoms with Crippen LogP contribution in [0.15, 0.2) is 72.3 Å². The summed E-state index contributed by atoms with van der Waals surface area (Å²) in [6.07, 6.45) is 3.13. The monoisotopic (exact) mass is 641 g/mol. The highest BCUT2D eigenvalue weighted by atomic mass is 16.2. The van der Waals surface area contributed by atoms with E-state index < -0.39 is 53.6 Å². The zero-order valence-corrected chi connectivity index (χ0v) is 27.0. The van der Waals surface area contributed by atoms with Gasteiger partial charge in [0.25, 0.3) is 0 Å². The highest BCUT2D eigenvalue weighted by Crippen LogP contribution is 2.43. The molecule has 1 fully saturated rings. The van der Waals surface area contributed by atoms with E-state index in [4.69, 9.17) is 0 Å². The summed E-state index contributed by atoms with van der Waals surface area (Å²) < 4.78 is 0. The second-order valence-corrected chi connectivity index (χ2v) is 13.1. The highest BCUT2D eigenvalue weighted by molar-refractivity contribution is 6.22. The lowest BCUT2D eigenvalue weighted by atomic mass is 9.73. The van der Waals surface area contributed by atoms with E-state index in [-0.39, 0.29) is 43.0 Å². The number of anilines is 1. The lowest BCUT2D eigenvalue weighted by Gasteiger charge is -2.30. The third-order valence-electron chi connectivity index (χ3n) is 9.10. The van der Waals surface area contributed by atoms with Crippen molar-refractivity contribution < 1.29 is 28.8 Å². The molecule has 2 bridgehead atoms. The van der Waals surface area contributed by atoms with Gasteiger partial charge in [-0.25, -0.2) is 0 Å². The van der Waals surface area contributed by atoms with Crippen molar-refractivity contribution in [1.29, 1.82) is 0 Å². The molecular weight excluding hydrogens is 598 g/mol. The van der Waals surface area contributed by atoms with E-state index in [1.807, 2.05) is 56.3 Å². The van der Waals surface area contributed by atoms with Crippen LogP contribution < -0.4 is 26.2 Å². The molecule has 0 aromatic heterocycles. The van der Waals surface area contributed by atoms with Gasteiger partial charge < -0.3 is 21.3 Å². The van der Waals surface area contributed by atoms with Crippen LogP contribution in [0, 0.1) is 23.7 Å². The predicted octanol–water partition coefficient (Wildman–Crippen LogP) is 2.41. The number of para-hydroxylation sites is 1. The van der Waals surface area contributed by atoms with E-state index in [2.05, 4.69) is 21.3 Å². The average molecular weight is 642 g/mol. The third kappa shape index (κ3) is 7.96. The first-order chi connectivity index (χ1) is 22.5. The van der Waals surface area contributed by atoms with Gasteiger partial charge in [0.05, 0.1) is 17.5 Å². The first-order valence-corrected chi connectivity index (χ1v) is 16.4. The van der Waals surface area contributed by atoms with Crippen LogP contribution in [-0.4, -0.2) is 60.1 Å². The van der Waals surface area contributed by atoms with E-state index in [9.17, 15) is 28.8 Å². The molecule has 11 nitrogen and oxygen atoms in total. The van der Waals surface area contributed by atoms with E-state index >= 15 is 0 Å².